The Bertz CT molecular complexity index is 606. The predicted octanol–water partition coefficient (Wildman–Crippen LogP) is 4.85. The molecule has 0 amide bonds. The van der Waals surface area contributed by atoms with Crippen LogP contribution in [0.4, 0.5) is 5.69 Å². The minimum Gasteiger partial charge on any atom is -0.385 e. The molecule has 0 saturated heterocycles. The van der Waals surface area contributed by atoms with Crippen molar-refractivity contribution in [1.29, 1.82) is 0 Å². The molecule has 0 bridgehead atoms. The summed E-state index contributed by atoms with van der Waals surface area (Å²) < 4.78 is 0. The van der Waals surface area contributed by atoms with Crippen LogP contribution in [-0.4, -0.2) is 11.5 Å². The molecular formula is C14H14Cl2N2. The summed E-state index contributed by atoms with van der Waals surface area (Å²) in [6.45, 7) is 2.96. The van der Waals surface area contributed by atoms with Gasteiger partial charge in [-0.1, -0.05) is 23.2 Å². The Hall–Kier alpha value is -0.990. The van der Waals surface area contributed by atoms with E-state index in [1.54, 1.807) is 0 Å². The van der Waals surface area contributed by atoms with E-state index >= 15 is 0 Å². The first-order valence-electron chi connectivity index (χ1n) is 6.23. The van der Waals surface area contributed by atoms with Gasteiger partial charge >= 0.3 is 0 Å². The fourth-order valence-corrected chi connectivity index (χ4v) is 2.54. The van der Waals surface area contributed by atoms with Crippen LogP contribution < -0.4 is 5.32 Å². The van der Waals surface area contributed by atoms with Gasteiger partial charge in [-0.2, -0.15) is 0 Å². The zero-order valence-corrected chi connectivity index (χ0v) is 11.6. The highest BCUT2D eigenvalue weighted by Crippen LogP contribution is 2.42. The van der Waals surface area contributed by atoms with Crippen molar-refractivity contribution in [3.8, 4) is 0 Å². The lowest BCUT2D eigenvalue weighted by Crippen LogP contribution is -2.00. The van der Waals surface area contributed by atoms with E-state index in [1.807, 2.05) is 12.1 Å². The van der Waals surface area contributed by atoms with Crippen LogP contribution in [0.1, 0.15) is 31.4 Å². The van der Waals surface area contributed by atoms with Crippen molar-refractivity contribution in [2.75, 3.05) is 11.9 Å². The van der Waals surface area contributed by atoms with Crippen LogP contribution in [0.15, 0.2) is 18.2 Å². The molecule has 1 fully saturated rings. The van der Waals surface area contributed by atoms with Gasteiger partial charge in [0.15, 0.2) is 0 Å². The van der Waals surface area contributed by atoms with Crippen LogP contribution in [0.2, 0.25) is 10.0 Å². The predicted molar refractivity (Wildman–Crippen MR) is 77.9 cm³/mol. The fourth-order valence-electron chi connectivity index (χ4n) is 2.18. The number of benzene rings is 1. The summed E-state index contributed by atoms with van der Waals surface area (Å²) in [5.74, 6) is 0.599. The Kier molecular flexibility index (Phi) is 3.08. The van der Waals surface area contributed by atoms with E-state index in [9.17, 15) is 0 Å². The minimum absolute atomic E-state index is 0.552. The average Bonchev–Trinajstić information content (AvgIpc) is 3.18. The van der Waals surface area contributed by atoms with E-state index in [1.165, 1.54) is 12.8 Å². The maximum atomic E-state index is 6.27. The van der Waals surface area contributed by atoms with Gasteiger partial charge in [0.25, 0.3) is 0 Å². The molecule has 1 aromatic carbocycles. The van der Waals surface area contributed by atoms with E-state index in [0.717, 1.165) is 28.8 Å². The highest BCUT2D eigenvalue weighted by atomic mass is 35.5. The Morgan fingerprint density at radius 2 is 2.11 bits per heavy atom. The summed E-state index contributed by atoms with van der Waals surface area (Å²) in [4.78, 5) is 4.68. The third-order valence-corrected chi connectivity index (χ3v) is 4.05. The molecule has 1 aliphatic carbocycles. The molecule has 18 heavy (non-hydrogen) atoms. The highest BCUT2D eigenvalue weighted by Gasteiger charge is 2.26. The molecule has 3 rings (SSSR count). The molecule has 1 N–H and O–H groups in total. The van der Waals surface area contributed by atoms with Crippen LogP contribution in [0.25, 0.3) is 10.9 Å². The van der Waals surface area contributed by atoms with Gasteiger partial charge in [0.1, 0.15) is 0 Å². The maximum Gasteiger partial charge on any atom is 0.0927 e. The second-order valence-electron chi connectivity index (χ2n) is 4.66. The van der Waals surface area contributed by atoms with Crippen LogP contribution in [-0.2, 0) is 0 Å². The first-order valence-corrected chi connectivity index (χ1v) is 6.98. The van der Waals surface area contributed by atoms with E-state index in [4.69, 9.17) is 23.2 Å². The molecule has 4 heteroatoms. The summed E-state index contributed by atoms with van der Waals surface area (Å²) in [7, 11) is 0. The second-order valence-corrected chi connectivity index (χ2v) is 5.44. The summed E-state index contributed by atoms with van der Waals surface area (Å²) in [5.41, 5.74) is 3.04. The Labute approximate surface area is 116 Å². The van der Waals surface area contributed by atoms with Crippen molar-refractivity contribution in [1.82, 2.24) is 4.98 Å². The maximum absolute atomic E-state index is 6.27. The minimum atomic E-state index is 0.552. The summed E-state index contributed by atoms with van der Waals surface area (Å²) >= 11 is 12.3. The molecule has 1 heterocycles. The first kappa shape index (κ1) is 12.1. The SMILES string of the molecule is CCNc1cc(C2CC2)nc2c(Cl)c(Cl)ccc12. The number of pyridine rings is 1. The van der Waals surface area contributed by atoms with E-state index in [0.29, 0.717) is 16.0 Å². The smallest absolute Gasteiger partial charge is 0.0927 e. The number of halogens is 2. The van der Waals surface area contributed by atoms with E-state index < -0.39 is 0 Å². The normalized spacial score (nSPS) is 15.1. The first-order chi connectivity index (χ1) is 8.70. The van der Waals surface area contributed by atoms with Crippen molar-refractivity contribution in [3.05, 3.63) is 33.9 Å². The number of aromatic nitrogens is 1. The second kappa shape index (κ2) is 4.60. The van der Waals surface area contributed by atoms with Gasteiger partial charge in [0.2, 0.25) is 0 Å². The lowest BCUT2D eigenvalue weighted by molar-refractivity contribution is 1.04. The van der Waals surface area contributed by atoms with Gasteiger partial charge in [0, 0.05) is 29.2 Å². The molecule has 1 aliphatic rings. The quantitative estimate of drug-likeness (QED) is 0.869. The molecule has 0 radical (unpaired) electrons. The number of nitrogens with one attached hydrogen (secondary N) is 1. The number of anilines is 1. The molecule has 0 spiro atoms. The van der Waals surface area contributed by atoms with Crippen molar-refractivity contribution in [2.24, 2.45) is 0 Å². The van der Waals surface area contributed by atoms with Gasteiger partial charge in [-0.25, -0.2) is 0 Å². The number of nitrogens with zero attached hydrogens (tertiary/aromatic N) is 1. The Balaban J connectivity index is 2.26. The third-order valence-electron chi connectivity index (χ3n) is 3.26. The molecule has 1 saturated carbocycles. The number of rotatable bonds is 3. The molecule has 0 unspecified atom stereocenters. The van der Waals surface area contributed by atoms with Crippen LogP contribution in [0, 0.1) is 0 Å². The van der Waals surface area contributed by atoms with Gasteiger partial charge in [-0.15, -0.1) is 0 Å². The van der Waals surface area contributed by atoms with Crippen LogP contribution in [0.5, 0.6) is 0 Å². The topological polar surface area (TPSA) is 24.9 Å². The molecule has 2 aromatic rings. The monoisotopic (exact) mass is 280 g/mol. The molecule has 2 nitrogen and oxygen atoms in total. The standard InChI is InChI=1S/C14H14Cl2N2/c1-2-17-12-7-11(8-3-4-8)18-14-9(12)5-6-10(15)13(14)16/h5-8H,2-4H2,1H3,(H,17,18). The summed E-state index contributed by atoms with van der Waals surface area (Å²) in [6, 6.07) is 5.95. The Morgan fingerprint density at radius 1 is 1.33 bits per heavy atom. The van der Waals surface area contributed by atoms with Gasteiger partial charge in [-0.3, -0.25) is 4.98 Å². The summed E-state index contributed by atoms with van der Waals surface area (Å²) in [5, 5.41) is 5.53. The van der Waals surface area contributed by atoms with Crippen molar-refractivity contribution < 1.29 is 0 Å². The highest BCUT2D eigenvalue weighted by molar-refractivity contribution is 6.45. The molecule has 0 atom stereocenters. The number of fused-ring (bicyclic) bond motifs is 1. The van der Waals surface area contributed by atoms with Gasteiger partial charge in [-0.05, 0) is 38.0 Å². The van der Waals surface area contributed by atoms with E-state index in [-0.39, 0.29) is 0 Å². The van der Waals surface area contributed by atoms with E-state index in [2.05, 4.69) is 23.3 Å². The lowest BCUT2D eigenvalue weighted by atomic mass is 10.1. The van der Waals surface area contributed by atoms with Crippen LogP contribution >= 0.6 is 23.2 Å². The summed E-state index contributed by atoms with van der Waals surface area (Å²) in [6.07, 6.45) is 2.45. The zero-order valence-electron chi connectivity index (χ0n) is 10.1. The molecule has 0 aliphatic heterocycles. The molecule has 94 valence electrons. The Morgan fingerprint density at radius 3 is 2.78 bits per heavy atom. The molecular weight excluding hydrogens is 267 g/mol. The fraction of sp³-hybridized carbons (Fsp3) is 0.357. The van der Waals surface area contributed by atoms with Crippen molar-refractivity contribution >= 4 is 39.8 Å². The largest absolute Gasteiger partial charge is 0.385 e. The lowest BCUT2D eigenvalue weighted by Gasteiger charge is -2.12. The van der Waals surface area contributed by atoms with Crippen molar-refractivity contribution in [2.45, 2.75) is 25.7 Å². The molecule has 1 aromatic heterocycles. The van der Waals surface area contributed by atoms with Gasteiger partial charge in [0.05, 0.1) is 15.6 Å². The average molecular weight is 281 g/mol. The van der Waals surface area contributed by atoms with Crippen LogP contribution in [0.3, 0.4) is 0 Å². The third kappa shape index (κ3) is 2.04. The number of hydrogen-bond donors (Lipinski definition) is 1. The number of hydrogen-bond acceptors (Lipinski definition) is 2. The zero-order chi connectivity index (χ0) is 12.7. The van der Waals surface area contributed by atoms with Gasteiger partial charge < -0.3 is 5.32 Å². The van der Waals surface area contributed by atoms with Crippen molar-refractivity contribution in [3.63, 3.8) is 0 Å².